The zero-order chi connectivity index (χ0) is 20.0. The van der Waals surface area contributed by atoms with Crippen LogP contribution < -0.4 is 10.6 Å². The first kappa shape index (κ1) is 21.0. The lowest BCUT2D eigenvalue weighted by Gasteiger charge is -2.48. The Balaban J connectivity index is 1.56. The van der Waals surface area contributed by atoms with Gasteiger partial charge in [-0.15, -0.1) is 0 Å². The van der Waals surface area contributed by atoms with Crippen LogP contribution in [0.5, 0.6) is 0 Å². The fourth-order valence-corrected chi connectivity index (χ4v) is 4.11. The highest BCUT2D eigenvalue weighted by atomic mass is 16.5. The molecule has 1 saturated carbocycles. The van der Waals surface area contributed by atoms with Gasteiger partial charge in [-0.05, 0) is 12.8 Å². The molecule has 1 aromatic rings. The number of rotatable bonds is 5. The van der Waals surface area contributed by atoms with Crippen LogP contribution in [0.1, 0.15) is 64.6 Å². The van der Waals surface area contributed by atoms with E-state index in [2.05, 4.69) is 51.4 Å². The van der Waals surface area contributed by atoms with Gasteiger partial charge in [-0.3, -0.25) is 9.89 Å². The summed E-state index contributed by atoms with van der Waals surface area (Å²) in [4.78, 5) is 11.5. The third kappa shape index (κ3) is 5.23. The van der Waals surface area contributed by atoms with E-state index in [1.54, 1.807) is 7.05 Å². The number of nitrogens with one attached hydrogen (secondary N) is 2. The van der Waals surface area contributed by atoms with Gasteiger partial charge in [0.2, 0.25) is 5.89 Å². The second kappa shape index (κ2) is 9.22. The predicted molar refractivity (Wildman–Crippen MR) is 109 cm³/mol. The normalized spacial score (nSPS) is 21.5. The predicted octanol–water partition coefficient (Wildman–Crippen LogP) is 2.07. The van der Waals surface area contributed by atoms with Crippen molar-refractivity contribution in [2.75, 3.05) is 39.9 Å². The van der Waals surface area contributed by atoms with Crippen molar-refractivity contribution in [3.05, 3.63) is 11.7 Å². The molecule has 1 aromatic heterocycles. The van der Waals surface area contributed by atoms with Crippen LogP contribution in [-0.4, -0.2) is 66.4 Å². The molecule has 0 unspecified atom stereocenters. The molecule has 2 heterocycles. The molecule has 2 N–H and O–H groups in total. The highest BCUT2D eigenvalue weighted by Gasteiger charge is 2.38. The summed E-state index contributed by atoms with van der Waals surface area (Å²) in [6.07, 6.45) is 6.40. The molecule has 1 aliphatic heterocycles. The van der Waals surface area contributed by atoms with E-state index in [1.807, 2.05) is 0 Å². The molecule has 0 atom stereocenters. The Morgan fingerprint density at radius 1 is 1.14 bits per heavy atom. The number of hydrogen-bond acceptors (Lipinski definition) is 6. The Morgan fingerprint density at radius 3 is 2.46 bits per heavy atom. The fourth-order valence-electron chi connectivity index (χ4n) is 4.11. The van der Waals surface area contributed by atoms with Crippen molar-refractivity contribution in [2.45, 2.75) is 70.4 Å². The summed E-state index contributed by atoms with van der Waals surface area (Å²) in [6.45, 7) is 11.3. The minimum atomic E-state index is -0.142. The van der Waals surface area contributed by atoms with Gasteiger partial charge in [-0.2, -0.15) is 4.98 Å². The minimum absolute atomic E-state index is 0.142. The number of ether oxygens (including phenoxy) is 1. The third-order valence-electron chi connectivity index (χ3n) is 5.80. The van der Waals surface area contributed by atoms with E-state index >= 15 is 0 Å². The quantitative estimate of drug-likeness (QED) is 0.586. The van der Waals surface area contributed by atoms with Crippen molar-refractivity contribution in [3.8, 4) is 0 Å². The lowest BCUT2D eigenvalue weighted by atomic mass is 9.80. The lowest BCUT2D eigenvalue weighted by Crippen LogP contribution is -2.60. The molecule has 28 heavy (non-hydrogen) atoms. The Labute approximate surface area is 168 Å². The smallest absolute Gasteiger partial charge is 0.232 e. The summed E-state index contributed by atoms with van der Waals surface area (Å²) < 4.78 is 10.9. The van der Waals surface area contributed by atoms with Crippen LogP contribution in [0.25, 0.3) is 0 Å². The summed E-state index contributed by atoms with van der Waals surface area (Å²) in [7, 11) is 1.80. The van der Waals surface area contributed by atoms with E-state index in [9.17, 15) is 0 Å². The highest BCUT2D eigenvalue weighted by molar-refractivity contribution is 5.79. The molecule has 2 aliphatic rings. The molecule has 3 rings (SSSR count). The topological polar surface area (TPSA) is 87.8 Å². The van der Waals surface area contributed by atoms with Gasteiger partial charge < -0.3 is 19.9 Å². The van der Waals surface area contributed by atoms with Crippen LogP contribution in [0.3, 0.4) is 0 Å². The van der Waals surface area contributed by atoms with Gasteiger partial charge in [0.05, 0.1) is 19.8 Å². The summed E-state index contributed by atoms with van der Waals surface area (Å²) in [6, 6.07) is 0. The maximum atomic E-state index is 5.57. The molecule has 0 aromatic carbocycles. The van der Waals surface area contributed by atoms with Gasteiger partial charge in [0, 0.05) is 37.6 Å². The van der Waals surface area contributed by atoms with Gasteiger partial charge in [0.1, 0.15) is 0 Å². The van der Waals surface area contributed by atoms with Gasteiger partial charge >= 0.3 is 0 Å². The van der Waals surface area contributed by atoms with Crippen molar-refractivity contribution >= 4 is 5.96 Å². The average Bonchev–Trinajstić information content (AvgIpc) is 3.19. The molecular weight excluding hydrogens is 356 g/mol. The van der Waals surface area contributed by atoms with Crippen molar-refractivity contribution < 1.29 is 9.26 Å². The van der Waals surface area contributed by atoms with Gasteiger partial charge in [0.15, 0.2) is 11.8 Å². The van der Waals surface area contributed by atoms with Gasteiger partial charge in [-0.1, -0.05) is 45.2 Å². The number of nitrogens with zero attached hydrogens (tertiary/aromatic N) is 4. The van der Waals surface area contributed by atoms with E-state index in [0.29, 0.717) is 18.3 Å². The number of aliphatic imine (C=N–C) groups is 1. The van der Waals surface area contributed by atoms with Crippen LogP contribution in [0.4, 0.5) is 0 Å². The lowest BCUT2D eigenvalue weighted by molar-refractivity contribution is -0.0352. The van der Waals surface area contributed by atoms with Crippen molar-refractivity contribution in [1.82, 2.24) is 25.7 Å². The Bertz CT molecular complexity index is 639. The van der Waals surface area contributed by atoms with Crippen LogP contribution in [0.2, 0.25) is 0 Å². The Kier molecular flexibility index (Phi) is 6.93. The zero-order valence-corrected chi connectivity index (χ0v) is 17.9. The molecule has 2 fully saturated rings. The molecule has 0 amide bonds. The number of hydrogen-bond donors (Lipinski definition) is 2. The van der Waals surface area contributed by atoms with Crippen molar-refractivity contribution in [3.63, 3.8) is 0 Å². The first-order valence-electron chi connectivity index (χ1n) is 10.5. The second-order valence-corrected chi connectivity index (χ2v) is 8.93. The zero-order valence-electron chi connectivity index (χ0n) is 17.9. The second-order valence-electron chi connectivity index (χ2n) is 8.93. The van der Waals surface area contributed by atoms with Crippen LogP contribution >= 0.6 is 0 Å². The maximum Gasteiger partial charge on any atom is 0.232 e. The van der Waals surface area contributed by atoms with Crippen molar-refractivity contribution in [1.29, 1.82) is 0 Å². The monoisotopic (exact) mass is 392 g/mol. The number of aromatic nitrogens is 2. The highest BCUT2D eigenvalue weighted by Crippen LogP contribution is 2.33. The largest absolute Gasteiger partial charge is 0.379 e. The molecule has 1 aliphatic carbocycles. The Hall–Kier alpha value is -1.67. The number of morpholine rings is 1. The SMILES string of the molecule is CN=C(NCc1noc(C(C)(C)C)n1)NCC1(N2CCOCC2)CCCCC1. The van der Waals surface area contributed by atoms with Crippen LogP contribution in [0.15, 0.2) is 9.52 Å². The van der Waals surface area contributed by atoms with Crippen LogP contribution in [-0.2, 0) is 16.7 Å². The minimum Gasteiger partial charge on any atom is -0.379 e. The molecule has 0 bridgehead atoms. The number of guanidine groups is 1. The summed E-state index contributed by atoms with van der Waals surface area (Å²) in [5.74, 6) is 2.08. The molecule has 0 radical (unpaired) electrons. The Morgan fingerprint density at radius 2 is 1.86 bits per heavy atom. The molecule has 158 valence electrons. The first-order valence-corrected chi connectivity index (χ1v) is 10.5. The maximum absolute atomic E-state index is 5.57. The average molecular weight is 393 g/mol. The molecule has 8 nitrogen and oxygen atoms in total. The fraction of sp³-hybridized carbons (Fsp3) is 0.850. The van der Waals surface area contributed by atoms with E-state index < -0.39 is 0 Å². The molecule has 1 saturated heterocycles. The molecule has 8 heteroatoms. The van der Waals surface area contributed by atoms with Gasteiger partial charge in [-0.25, -0.2) is 0 Å². The standard InChI is InChI=1S/C20H36N6O2/c1-19(2,3)17-24-16(25-28-17)14-22-18(21-4)23-15-20(8-6-5-7-9-20)26-10-12-27-13-11-26/h5-15H2,1-4H3,(H2,21,22,23). The third-order valence-corrected chi connectivity index (χ3v) is 5.80. The van der Waals surface area contributed by atoms with Gasteiger partial charge in [0.25, 0.3) is 0 Å². The van der Waals surface area contributed by atoms with E-state index in [-0.39, 0.29) is 11.0 Å². The van der Waals surface area contributed by atoms with E-state index in [1.165, 1.54) is 32.1 Å². The molecule has 0 spiro atoms. The van der Waals surface area contributed by atoms with E-state index in [4.69, 9.17) is 9.26 Å². The van der Waals surface area contributed by atoms with E-state index in [0.717, 1.165) is 38.8 Å². The summed E-state index contributed by atoms with van der Waals surface area (Å²) >= 11 is 0. The van der Waals surface area contributed by atoms with Crippen molar-refractivity contribution in [2.24, 2.45) is 4.99 Å². The summed E-state index contributed by atoms with van der Waals surface area (Å²) in [5.41, 5.74) is 0.0574. The summed E-state index contributed by atoms with van der Waals surface area (Å²) in [5, 5.41) is 10.9. The first-order chi connectivity index (χ1) is 13.4. The van der Waals surface area contributed by atoms with Crippen LogP contribution in [0, 0.1) is 0 Å². The molecular formula is C20H36N6O2.